The number of aromatic nitrogens is 4. The second kappa shape index (κ2) is 12.6. The van der Waals surface area contributed by atoms with Gasteiger partial charge in [0.15, 0.2) is 0 Å². The summed E-state index contributed by atoms with van der Waals surface area (Å²) in [6.07, 6.45) is 6.00. The molecule has 2 aliphatic rings. The van der Waals surface area contributed by atoms with Gasteiger partial charge in [-0.1, -0.05) is 6.07 Å². The first-order valence-corrected chi connectivity index (χ1v) is 17.2. The van der Waals surface area contributed by atoms with Crippen LogP contribution in [0.3, 0.4) is 0 Å². The Bertz CT molecular complexity index is 2050. The quantitative estimate of drug-likeness (QED) is 0.189. The summed E-state index contributed by atoms with van der Waals surface area (Å²) in [5.74, 6) is 1.43. The predicted octanol–water partition coefficient (Wildman–Crippen LogP) is 9.16. The van der Waals surface area contributed by atoms with Gasteiger partial charge in [0.25, 0.3) is 0 Å². The van der Waals surface area contributed by atoms with Gasteiger partial charge in [0.1, 0.15) is 40.0 Å². The van der Waals surface area contributed by atoms with Gasteiger partial charge in [-0.2, -0.15) is 0 Å². The summed E-state index contributed by atoms with van der Waals surface area (Å²) in [5.41, 5.74) is 2.63. The molecule has 2 saturated heterocycles. The second-order valence-electron chi connectivity index (χ2n) is 15.1. The highest BCUT2D eigenvalue weighted by molar-refractivity contribution is 5.87. The van der Waals surface area contributed by atoms with Gasteiger partial charge in [-0.3, -0.25) is 9.80 Å². The molecule has 2 aliphatic heterocycles. The van der Waals surface area contributed by atoms with Crippen molar-refractivity contribution in [3.63, 3.8) is 0 Å². The van der Waals surface area contributed by atoms with Crippen LogP contribution in [0, 0.1) is 5.82 Å². The zero-order valence-corrected chi connectivity index (χ0v) is 29.3. The fourth-order valence-electron chi connectivity index (χ4n) is 6.71. The Morgan fingerprint density at radius 1 is 0.860 bits per heavy atom. The second-order valence-corrected chi connectivity index (χ2v) is 15.1. The molecular formula is C38H43FN6O5. The molecule has 2 fully saturated rings. The number of furan rings is 1. The van der Waals surface area contributed by atoms with Gasteiger partial charge in [0.05, 0.1) is 29.7 Å². The van der Waals surface area contributed by atoms with Crippen LogP contribution in [0.5, 0.6) is 0 Å². The number of carbonyl (C=O) groups excluding carboxylic acids is 2. The van der Waals surface area contributed by atoms with Crippen LogP contribution in [0.2, 0.25) is 0 Å². The number of carbonyl (C=O) groups is 2. The lowest BCUT2D eigenvalue weighted by Gasteiger charge is -2.27. The van der Waals surface area contributed by atoms with E-state index in [2.05, 4.69) is 19.9 Å². The number of rotatable bonds is 5. The topological polar surface area (TPSA) is 130 Å². The first kappa shape index (κ1) is 33.4. The van der Waals surface area contributed by atoms with E-state index in [4.69, 9.17) is 13.9 Å². The smallest absolute Gasteiger partial charge is 0.410 e. The van der Waals surface area contributed by atoms with Gasteiger partial charge in [-0.15, -0.1) is 0 Å². The van der Waals surface area contributed by atoms with E-state index in [0.717, 1.165) is 48.2 Å². The minimum Gasteiger partial charge on any atom is -0.456 e. The molecule has 7 rings (SSSR count). The van der Waals surface area contributed by atoms with E-state index >= 15 is 4.39 Å². The average Bonchev–Trinajstić information content (AvgIpc) is 3.87. The number of ether oxygens (including phenoxy) is 2. The van der Waals surface area contributed by atoms with E-state index in [1.807, 2.05) is 71.9 Å². The van der Waals surface area contributed by atoms with Crippen LogP contribution in [-0.2, 0) is 9.47 Å². The maximum absolute atomic E-state index is 15.6. The van der Waals surface area contributed by atoms with Gasteiger partial charge in [0.2, 0.25) is 0 Å². The number of amides is 2. The van der Waals surface area contributed by atoms with Crippen LogP contribution < -0.4 is 0 Å². The lowest BCUT2D eigenvalue weighted by molar-refractivity contribution is 0.0208. The zero-order chi connectivity index (χ0) is 35.4. The van der Waals surface area contributed by atoms with E-state index in [0.29, 0.717) is 47.1 Å². The molecule has 3 aromatic heterocycles. The number of H-pyrrole nitrogens is 2. The maximum atomic E-state index is 15.6. The van der Waals surface area contributed by atoms with Crippen molar-refractivity contribution in [1.29, 1.82) is 0 Å². The molecule has 0 spiro atoms. The van der Waals surface area contributed by atoms with Crippen LogP contribution in [0.15, 0.2) is 59.3 Å². The Morgan fingerprint density at radius 2 is 1.50 bits per heavy atom. The third kappa shape index (κ3) is 6.83. The van der Waals surface area contributed by atoms with Crippen LogP contribution in [0.25, 0.3) is 44.8 Å². The van der Waals surface area contributed by atoms with E-state index in [-0.39, 0.29) is 24.3 Å². The molecule has 0 saturated carbocycles. The molecule has 11 nitrogen and oxygen atoms in total. The summed E-state index contributed by atoms with van der Waals surface area (Å²) in [7, 11) is 0. The van der Waals surface area contributed by atoms with E-state index in [1.54, 1.807) is 28.3 Å². The molecule has 50 heavy (non-hydrogen) atoms. The number of likely N-dealkylation sites (tertiary alicyclic amines) is 2. The van der Waals surface area contributed by atoms with E-state index in [1.165, 1.54) is 6.07 Å². The first-order valence-electron chi connectivity index (χ1n) is 17.2. The molecule has 12 heteroatoms. The molecule has 0 aliphatic carbocycles. The number of hydrogen-bond acceptors (Lipinski definition) is 7. The molecule has 2 aromatic carbocycles. The molecule has 262 valence electrons. The molecule has 2 amide bonds. The monoisotopic (exact) mass is 682 g/mol. The average molecular weight is 683 g/mol. The summed E-state index contributed by atoms with van der Waals surface area (Å²) in [6.45, 7) is 12.3. The summed E-state index contributed by atoms with van der Waals surface area (Å²) in [5, 5.41) is 0.859. The highest BCUT2D eigenvalue weighted by Gasteiger charge is 2.36. The fourth-order valence-corrected chi connectivity index (χ4v) is 6.71. The molecule has 0 bridgehead atoms. The SMILES string of the molecule is CC(C)(C)OC(=O)N1CCCC1c1ncc(-c2ccc3oc(-c4ccc(-c5c[nH]c([C@@H]6CCCN6C(=O)OC(C)(C)C)n5)c(F)c4)cc3c2)[nH]1. The fraction of sp³-hybridized carbons (Fsp3) is 0.421. The Hall–Kier alpha value is -5.13. The molecule has 2 N–H and O–H groups in total. The summed E-state index contributed by atoms with van der Waals surface area (Å²) in [4.78, 5) is 44.9. The van der Waals surface area contributed by atoms with Gasteiger partial charge in [-0.05, 0) is 104 Å². The normalized spacial score (nSPS) is 18.3. The minimum absolute atomic E-state index is 0.177. The van der Waals surface area contributed by atoms with Crippen molar-refractivity contribution < 1.29 is 27.9 Å². The van der Waals surface area contributed by atoms with Crippen molar-refractivity contribution in [2.45, 2.75) is 90.5 Å². The number of nitrogens with one attached hydrogen (secondary N) is 2. The van der Waals surface area contributed by atoms with Gasteiger partial charge in [-0.25, -0.2) is 23.9 Å². The van der Waals surface area contributed by atoms with Crippen molar-refractivity contribution in [2.75, 3.05) is 13.1 Å². The van der Waals surface area contributed by atoms with Gasteiger partial charge < -0.3 is 23.9 Å². The summed E-state index contributed by atoms with van der Waals surface area (Å²) >= 11 is 0. The Balaban J connectivity index is 1.07. The van der Waals surface area contributed by atoms with Crippen molar-refractivity contribution in [1.82, 2.24) is 29.7 Å². The Morgan fingerprint density at radius 3 is 2.14 bits per heavy atom. The Labute approximate surface area is 290 Å². The third-order valence-corrected chi connectivity index (χ3v) is 8.94. The van der Waals surface area contributed by atoms with Crippen molar-refractivity contribution in [3.05, 3.63) is 72.3 Å². The third-order valence-electron chi connectivity index (χ3n) is 8.94. The van der Waals surface area contributed by atoms with Crippen molar-refractivity contribution in [3.8, 4) is 33.8 Å². The maximum Gasteiger partial charge on any atom is 0.410 e. The molecule has 5 heterocycles. The van der Waals surface area contributed by atoms with Crippen LogP contribution in [0.4, 0.5) is 14.0 Å². The molecule has 0 radical (unpaired) electrons. The number of hydrogen-bond donors (Lipinski definition) is 2. The highest BCUT2D eigenvalue weighted by atomic mass is 19.1. The standard InChI is InChI=1S/C38H43FN6O5/c1-37(2,3)49-35(46)44-15-7-9-29(44)33-40-20-27(42-33)22-12-14-31-24(17-22)19-32(48-31)23-11-13-25(26(39)18-23)28-21-41-34(43-28)30-10-8-16-45(30)36(47)50-38(4,5)6/h11-14,17-21,29-30H,7-10,15-16H2,1-6H3,(H,40,42)(H,41,43)/t29?,30-/m0/s1. The largest absolute Gasteiger partial charge is 0.456 e. The van der Waals surface area contributed by atoms with Gasteiger partial charge >= 0.3 is 12.2 Å². The minimum atomic E-state index is -0.599. The van der Waals surface area contributed by atoms with Gasteiger partial charge in [0, 0.05) is 41.4 Å². The summed E-state index contributed by atoms with van der Waals surface area (Å²) < 4.78 is 32.9. The predicted molar refractivity (Wildman–Crippen MR) is 187 cm³/mol. The van der Waals surface area contributed by atoms with Crippen LogP contribution >= 0.6 is 0 Å². The van der Waals surface area contributed by atoms with E-state index in [9.17, 15) is 9.59 Å². The van der Waals surface area contributed by atoms with Crippen molar-refractivity contribution >= 4 is 23.2 Å². The van der Waals surface area contributed by atoms with E-state index < -0.39 is 17.0 Å². The first-order chi connectivity index (χ1) is 23.7. The zero-order valence-electron chi connectivity index (χ0n) is 29.3. The number of halogens is 1. The van der Waals surface area contributed by atoms with Crippen LogP contribution in [0.1, 0.15) is 91.0 Å². The lowest BCUT2D eigenvalue weighted by atomic mass is 10.1. The molecule has 2 atom stereocenters. The highest BCUT2D eigenvalue weighted by Crippen LogP contribution is 2.37. The number of benzene rings is 2. The van der Waals surface area contributed by atoms with Crippen molar-refractivity contribution in [2.24, 2.45) is 0 Å². The molecule has 1 unspecified atom stereocenters. The summed E-state index contributed by atoms with van der Waals surface area (Å²) in [6, 6.07) is 12.2. The number of aromatic amines is 2. The Kier molecular flexibility index (Phi) is 8.44. The number of nitrogens with zero attached hydrogens (tertiary/aromatic N) is 4. The molecule has 5 aromatic rings. The van der Waals surface area contributed by atoms with Crippen LogP contribution in [-0.4, -0.2) is 66.2 Å². The molecular weight excluding hydrogens is 639 g/mol. The number of imidazole rings is 2. The number of fused-ring (bicyclic) bond motifs is 1. The lowest BCUT2D eigenvalue weighted by Crippen LogP contribution is -2.36.